The monoisotopic (exact) mass is 447 g/mol. The van der Waals surface area contributed by atoms with Crippen molar-refractivity contribution in [1.82, 2.24) is 19.5 Å². The molecular weight excluding hydrogens is 426 g/mol. The number of aliphatic hydroxyl groups is 3. The van der Waals surface area contributed by atoms with Crippen molar-refractivity contribution in [3.8, 4) is 11.5 Å². The molecule has 2 aromatic heterocycles. The largest absolute Gasteiger partial charge is 0.504 e. The highest BCUT2D eigenvalue weighted by Crippen LogP contribution is 2.34. The molecule has 0 unspecified atom stereocenters. The smallest absolute Gasteiger partial charge is 0.280 e. The molecule has 170 valence electrons. The first-order chi connectivity index (χ1) is 15.3. The predicted molar refractivity (Wildman–Crippen MR) is 111 cm³/mol. The fourth-order valence-electron chi connectivity index (χ4n) is 3.38. The van der Waals surface area contributed by atoms with Crippen LogP contribution in [0.25, 0.3) is 11.2 Å². The molecule has 0 saturated carbocycles. The van der Waals surface area contributed by atoms with Gasteiger partial charge in [0.1, 0.15) is 18.3 Å². The topological polar surface area (TPSA) is 213 Å². The second-order valence-electron chi connectivity index (χ2n) is 6.93. The Morgan fingerprint density at radius 1 is 1.38 bits per heavy atom. The number of nitrogens with zero attached hydrogens (tertiary/aromatic N) is 4. The Morgan fingerprint density at radius 3 is 2.84 bits per heavy atom. The van der Waals surface area contributed by atoms with Gasteiger partial charge < -0.3 is 35.6 Å². The van der Waals surface area contributed by atoms with E-state index in [0.717, 1.165) is 0 Å². The number of hydrazone groups is 1. The number of benzene rings is 1. The minimum absolute atomic E-state index is 0.0389. The van der Waals surface area contributed by atoms with Gasteiger partial charge in [-0.2, -0.15) is 10.1 Å². The highest BCUT2D eigenvalue weighted by atomic mass is 16.6. The van der Waals surface area contributed by atoms with Crippen molar-refractivity contribution in [2.45, 2.75) is 24.5 Å². The minimum Gasteiger partial charge on any atom is -0.504 e. The standard InChI is InChI=1S/C18H21N7O7/c1-31-8-4-2-3-7(11(8)27)5-20-24-18-21-10-14(22-17(19)23-15(10)30)25(18)16-13(29)12(28)9(6-26)32-16/h2-5,9,12-13,16,26-29H,6H2,1H3,(H,21,24)(H3,19,22,23,30)/b20-5-/t9-,12-,13-,16-/m1/s1. The van der Waals surface area contributed by atoms with E-state index in [2.05, 4.69) is 25.5 Å². The van der Waals surface area contributed by atoms with Gasteiger partial charge in [0, 0.05) is 5.56 Å². The zero-order chi connectivity index (χ0) is 23.0. The summed E-state index contributed by atoms with van der Waals surface area (Å²) in [6.45, 7) is -0.548. The molecule has 4 rings (SSSR count). The maximum Gasteiger partial charge on any atom is 0.280 e. The highest BCUT2D eigenvalue weighted by molar-refractivity contribution is 5.85. The molecule has 32 heavy (non-hydrogen) atoms. The third-order valence-electron chi connectivity index (χ3n) is 4.96. The molecule has 0 radical (unpaired) electrons. The van der Waals surface area contributed by atoms with Crippen LogP contribution in [0.4, 0.5) is 11.9 Å². The molecule has 0 spiro atoms. The molecule has 4 atom stereocenters. The Bertz CT molecular complexity index is 1220. The van der Waals surface area contributed by atoms with Crippen LogP contribution in [0, 0.1) is 0 Å². The van der Waals surface area contributed by atoms with Crippen molar-refractivity contribution in [3.63, 3.8) is 0 Å². The number of aromatic amines is 1. The molecule has 8 N–H and O–H groups in total. The van der Waals surface area contributed by atoms with E-state index in [1.807, 2.05) is 0 Å². The molecular formula is C18H21N7O7. The van der Waals surface area contributed by atoms with Gasteiger partial charge in [0.05, 0.1) is 19.9 Å². The van der Waals surface area contributed by atoms with Crippen molar-refractivity contribution >= 4 is 29.3 Å². The van der Waals surface area contributed by atoms with Crippen LogP contribution in [-0.2, 0) is 4.74 Å². The number of fused-ring (bicyclic) bond motifs is 1. The number of H-pyrrole nitrogens is 1. The minimum atomic E-state index is -1.47. The lowest BCUT2D eigenvalue weighted by molar-refractivity contribution is -0.0501. The van der Waals surface area contributed by atoms with Gasteiger partial charge in [0.25, 0.3) is 5.56 Å². The molecule has 1 aromatic carbocycles. The van der Waals surface area contributed by atoms with Gasteiger partial charge in [-0.15, -0.1) is 0 Å². The van der Waals surface area contributed by atoms with Crippen molar-refractivity contribution in [1.29, 1.82) is 0 Å². The van der Waals surface area contributed by atoms with Crippen LogP contribution in [0.2, 0.25) is 0 Å². The fraction of sp³-hybridized carbons (Fsp3) is 0.333. The number of hydrogen-bond donors (Lipinski definition) is 7. The van der Waals surface area contributed by atoms with Gasteiger partial charge in [-0.3, -0.25) is 14.3 Å². The lowest BCUT2D eigenvalue weighted by Gasteiger charge is -2.18. The highest BCUT2D eigenvalue weighted by Gasteiger charge is 2.45. The third-order valence-corrected chi connectivity index (χ3v) is 4.96. The van der Waals surface area contributed by atoms with Crippen LogP contribution in [0.15, 0.2) is 28.1 Å². The summed E-state index contributed by atoms with van der Waals surface area (Å²) in [6.07, 6.45) is -3.92. The van der Waals surface area contributed by atoms with E-state index in [4.69, 9.17) is 15.2 Å². The SMILES string of the molecule is COc1cccc(/C=N\Nc2nc3c(=O)[nH]c(N)nc3n2[C@@H]2O[C@H](CO)[C@@H](O)[C@H]2O)c1O. The zero-order valence-corrected chi connectivity index (χ0v) is 16.7. The lowest BCUT2D eigenvalue weighted by Crippen LogP contribution is -2.33. The van der Waals surface area contributed by atoms with Crippen molar-refractivity contribution in [3.05, 3.63) is 34.1 Å². The summed E-state index contributed by atoms with van der Waals surface area (Å²) in [4.78, 5) is 22.8. The quantitative estimate of drug-likeness (QED) is 0.170. The number of anilines is 2. The third kappa shape index (κ3) is 3.60. The van der Waals surface area contributed by atoms with Gasteiger partial charge in [-0.1, -0.05) is 6.07 Å². The molecule has 1 aliphatic rings. The van der Waals surface area contributed by atoms with Gasteiger partial charge in [0.15, 0.2) is 28.9 Å². The van der Waals surface area contributed by atoms with Crippen LogP contribution in [-0.4, -0.2) is 78.2 Å². The van der Waals surface area contributed by atoms with E-state index in [9.17, 15) is 25.2 Å². The van der Waals surface area contributed by atoms with E-state index in [0.29, 0.717) is 5.56 Å². The van der Waals surface area contributed by atoms with Crippen molar-refractivity contribution < 1.29 is 29.9 Å². The molecule has 1 saturated heterocycles. The van der Waals surface area contributed by atoms with Crippen molar-refractivity contribution in [2.75, 3.05) is 24.9 Å². The average Bonchev–Trinajstić information content (AvgIpc) is 3.26. The Kier molecular flexibility index (Phi) is 5.67. The first-order valence-corrected chi connectivity index (χ1v) is 9.41. The first-order valence-electron chi connectivity index (χ1n) is 9.41. The molecule has 3 heterocycles. The Labute approximate surface area is 179 Å². The van der Waals surface area contributed by atoms with Crippen LogP contribution >= 0.6 is 0 Å². The Morgan fingerprint density at radius 2 is 2.16 bits per heavy atom. The summed E-state index contributed by atoms with van der Waals surface area (Å²) < 4.78 is 11.8. The number of methoxy groups -OCH3 is 1. The summed E-state index contributed by atoms with van der Waals surface area (Å²) in [6, 6.07) is 4.81. The van der Waals surface area contributed by atoms with Crippen LogP contribution in [0.5, 0.6) is 11.5 Å². The zero-order valence-electron chi connectivity index (χ0n) is 16.7. The number of aliphatic hydroxyl groups excluding tert-OH is 3. The van der Waals surface area contributed by atoms with E-state index in [1.54, 1.807) is 18.2 Å². The first kappa shape index (κ1) is 21.5. The summed E-state index contributed by atoms with van der Waals surface area (Å²) in [7, 11) is 1.41. The maximum absolute atomic E-state index is 12.3. The summed E-state index contributed by atoms with van der Waals surface area (Å²) >= 11 is 0. The Hall–Kier alpha value is -3.72. The number of hydrogen-bond acceptors (Lipinski definition) is 12. The van der Waals surface area contributed by atoms with Gasteiger partial charge >= 0.3 is 0 Å². The number of phenols is 1. The van der Waals surface area contributed by atoms with E-state index < -0.39 is 36.7 Å². The molecule has 1 fully saturated rings. The Balaban J connectivity index is 1.76. The summed E-state index contributed by atoms with van der Waals surface area (Å²) in [5.74, 6) is -0.161. The molecule has 0 bridgehead atoms. The number of phenolic OH excluding ortho intramolecular Hbond substituents is 1. The lowest BCUT2D eigenvalue weighted by atomic mass is 10.1. The van der Waals surface area contributed by atoms with E-state index >= 15 is 0 Å². The second-order valence-corrected chi connectivity index (χ2v) is 6.93. The molecule has 3 aromatic rings. The predicted octanol–water partition coefficient (Wildman–Crippen LogP) is -1.53. The molecule has 0 amide bonds. The van der Waals surface area contributed by atoms with E-state index in [1.165, 1.54) is 17.9 Å². The number of rotatable bonds is 6. The van der Waals surface area contributed by atoms with E-state index in [-0.39, 0.29) is 34.6 Å². The molecule has 0 aliphatic carbocycles. The van der Waals surface area contributed by atoms with Crippen LogP contribution in [0.3, 0.4) is 0 Å². The van der Waals surface area contributed by atoms with Crippen LogP contribution < -0.4 is 21.5 Å². The number of aromatic hydroxyl groups is 1. The fourth-order valence-corrected chi connectivity index (χ4v) is 3.38. The number of aromatic nitrogens is 4. The second kappa shape index (κ2) is 8.43. The molecule has 14 nitrogen and oxygen atoms in total. The molecule has 1 aliphatic heterocycles. The number of nitrogen functional groups attached to an aromatic ring is 1. The van der Waals surface area contributed by atoms with Crippen LogP contribution in [0.1, 0.15) is 11.8 Å². The van der Waals surface area contributed by atoms with Gasteiger partial charge in [-0.25, -0.2) is 10.4 Å². The van der Waals surface area contributed by atoms with Gasteiger partial charge in [-0.05, 0) is 12.1 Å². The summed E-state index contributed by atoms with van der Waals surface area (Å²) in [5, 5.41) is 44.2. The average molecular weight is 447 g/mol. The maximum atomic E-state index is 12.3. The summed E-state index contributed by atoms with van der Waals surface area (Å²) in [5.41, 5.74) is 7.77. The van der Waals surface area contributed by atoms with Gasteiger partial charge in [0.2, 0.25) is 11.9 Å². The van der Waals surface area contributed by atoms with Crippen molar-refractivity contribution in [2.24, 2.45) is 5.10 Å². The normalized spacial score (nSPS) is 23.2. The number of para-hydroxylation sites is 1. The number of nitrogens with two attached hydrogens (primary N) is 1. The number of imidazole rings is 1. The number of ether oxygens (including phenoxy) is 2. The number of nitrogens with one attached hydrogen (secondary N) is 2. The molecule has 14 heteroatoms.